The van der Waals surface area contributed by atoms with Gasteiger partial charge in [-0.2, -0.15) is 0 Å². The number of rotatable bonds is 8. The molecule has 170 valence electrons. The average molecular weight is 547 g/mol. The van der Waals surface area contributed by atoms with Crippen molar-refractivity contribution in [3.05, 3.63) is 82.9 Å². The summed E-state index contributed by atoms with van der Waals surface area (Å²) in [4.78, 5) is 0. The van der Waals surface area contributed by atoms with Crippen molar-refractivity contribution < 1.29 is 46.1 Å². The molecule has 0 saturated carbocycles. The van der Waals surface area contributed by atoms with Crippen LogP contribution in [0.15, 0.2) is 60.7 Å². The summed E-state index contributed by atoms with van der Waals surface area (Å²) in [5, 5.41) is 0. The first-order valence-electron chi connectivity index (χ1n) is 11.9. The van der Waals surface area contributed by atoms with E-state index < -0.39 is 21.3 Å². The maximum atomic E-state index is 4.99. The molecule has 0 spiro atoms. The molecule has 4 atom stereocenters. The van der Waals surface area contributed by atoms with Gasteiger partial charge in [-0.1, -0.05) is 0 Å². The van der Waals surface area contributed by atoms with Crippen LogP contribution in [0.5, 0.6) is 0 Å². The van der Waals surface area contributed by atoms with E-state index in [0.29, 0.717) is 19.1 Å². The van der Waals surface area contributed by atoms with E-state index in [1.807, 2.05) is 0 Å². The Bertz CT molecular complexity index is 924. The second kappa shape index (κ2) is 12.1. The molecule has 0 aromatic heterocycles. The molecule has 0 radical (unpaired) electrons. The Morgan fingerprint density at radius 1 is 0.719 bits per heavy atom. The summed E-state index contributed by atoms with van der Waals surface area (Å²) in [5.74, 6) is 1.28. The van der Waals surface area contributed by atoms with Crippen LogP contribution in [0.25, 0.3) is 11.1 Å². The van der Waals surface area contributed by atoms with E-state index in [-0.39, 0.29) is 24.8 Å². The topological polar surface area (TPSA) is 0 Å². The van der Waals surface area contributed by atoms with Gasteiger partial charge in [-0.05, 0) is 0 Å². The van der Waals surface area contributed by atoms with E-state index in [4.69, 9.17) is 4.21 Å². The molecule has 4 unspecified atom stereocenters. The summed E-state index contributed by atoms with van der Waals surface area (Å²) < 4.78 is 6.17. The van der Waals surface area contributed by atoms with Crippen molar-refractivity contribution in [3.63, 3.8) is 0 Å². The molecule has 0 amide bonds. The Labute approximate surface area is 215 Å². The van der Waals surface area contributed by atoms with Crippen LogP contribution in [0.1, 0.15) is 82.9 Å². The average Bonchev–Trinajstić information content (AvgIpc) is 3.33. The molecular weight excluding hydrogens is 510 g/mol. The van der Waals surface area contributed by atoms with Gasteiger partial charge in [-0.3, -0.25) is 0 Å². The van der Waals surface area contributed by atoms with Gasteiger partial charge in [-0.15, -0.1) is 0 Å². The van der Waals surface area contributed by atoms with Crippen molar-refractivity contribution >= 4 is 15.4 Å². The molecule has 32 heavy (non-hydrogen) atoms. The third-order valence-electron chi connectivity index (χ3n) is 7.21. The Balaban J connectivity index is 0.00000181. The molecule has 2 aromatic rings. The van der Waals surface area contributed by atoms with Gasteiger partial charge in [-0.25, -0.2) is 0 Å². The van der Waals surface area contributed by atoms with E-state index in [1.165, 1.54) is 36.8 Å². The van der Waals surface area contributed by atoms with Crippen LogP contribution < -0.4 is 24.8 Å². The van der Waals surface area contributed by atoms with Crippen LogP contribution in [0.2, 0.25) is 0 Å². The standard InChI is InChI=1S/2C14H17.CH2.2ClH.Zr/c2*1-3-6-11(2)13-10-9-12-7-4-5-8-14(12)13;;;;/h2*4-5,7-11H,3,6H2,1-2H3;1H2;2*1H;/q;;;;;+2/p-2. The van der Waals surface area contributed by atoms with Crippen molar-refractivity contribution in [3.8, 4) is 0 Å². The molecule has 0 N–H and O–H groups in total. The van der Waals surface area contributed by atoms with E-state index in [9.17, 15) is 0 Å². The second-order valence-electron chi connectivity index (χ2n) is 9.33. The van der Waals surface area contributed by atoms with E-state index >= 15 is 0 Å². The molecule has 2 aromatic carbocycles. The van der Waals surface area contributed by atoms with Crippen molar-refractivity contribution in [2.24, 2.45) is 11.8 Å². The van der Waals surface area contributed by atoms with Crippen molar-refractivity contribution in [1.29, 1.82) is 0 Å². The summed E-state index contributed by atoms with van der Waals surface area (Å²) in [6, 6.07) is 18.4. The van der Waals surface area contributed by atoms with Crippen LogP contribution in [-0.2, 0) is 21.3 Å². The summed E-state index contributed by atoms with van der Waals surface area (Å²) in [5.41, 5.74) is 9.35. The minimum atomic E-state index is -2.09. The Hall–Kier alpha value is -0.747. The molecule has 2 aliphatic rings. The smallest absolute Gasteiger partial charge is 1.00 e. The summed E-state index contributed by atoms with van der Waals surface area (Å²) in [7, 11) is 0. The van der Waals surface area contributed by atoms with Crippen molar-refractivity contribution in [2.75, 3.05) is 0 Å². The Morgan fingerprint density at radius 2 is 1.09 bits per heavy atom. The Morgan fingerprint density at radius 3 is 1.47 bits per heavy atom. The maximum Gasteiger partial charge on any atom is -1.00 e. The predicted molar refractivity (Wildman–Crippen MR) is 130 cm³/mol. The second-order valence-corrected chi connectivity index (χ2v) is 15.2. The number of hydrogen-bond donors (Lipinski definition) is 0. The van der Waals surface area contributed by atoms with E-state index in [1.54, 1.807) is 22.3 Å². The molecule has 0 fully saturated rings. The molecule has 3 heteroatoms. The largest absolute Gasteiger partial charge is 1.00 e. The van der Waals surface area contributed by atoms with Crippen molar-refractivity contribution in [1.82, 2.24) is 0 Å². The van der Waals surface area contributed by atoms with Crippen LogP contribution in [0.3, 0.4) is 0 Å². The van der Waals surface area contributed by atoms with Gasteiger partial charge in [0.25, 0.3) is 0 Å². The predicted octanol–water partition coefficient (Wildman–Crippen LogP) is 2.19. The minimum absolute atomic E-state index is 0. The fraction of sp³-hybridized carbons (Fsp3) is 0.414. The quantitative estimate of drug-likeness (QED) is 0.477. The summed E-state index contributed by atoms with van der Waals surface area (Å²) in [6.07, 6.45) is 10.3. The molecule has 4 rings (SSSR count). The normalized spacial score (nSPS) is 19.8. The molecule has 0 bridgehead atoms. The first-order valence-corrected chi connectivity index (χ1v) is 16.4. The van der Waals surface area contributed by atoms with Crippen LogP contribution >= 0.6 is 0 Å². The summed E-state index contributed by atoms with van der Waals surface area (Å²) >= 11 is -2.09. The number of hydrogen-bond acceptors (Lipinski definition) is 0. The first kappa shape index (κ1) is 27.5. The molecule has 0 aliphatic heterocycles. The fourth-order valence-electron chi connectivity index (χ4n) is 5.62. The van der Waals surface area contributed by atoms with Gasteiger partial charge in [0.05, 0.1) is 0 Å². The van der Waals surface area contributed by atoms with E-state index in [0.717, 1.165) is 0 Å². The number of benzene rings is 2. The monoisotopic (exact) mass is 544 g/mol. The first-order chi connectivity index (χ1) is 14.6. The number of halogens is 2. The number of allylic oxidation sites excluding steroid dienone is 4. The zero-order chi connectivity index (χ0) is 21.3. The molecule has 0 heterocycles. The third-order valence-corrected chi connectivity index (χ3v) is 13.5. The van der Waals surface area contributed by atoms with Gasteiger partial charge in [0, 0.05) is 0 Å². The molecule has 2 aliphatic carbocycles. The zero-order valence-electron chi connectivity index (χ0n) is 19.9. The van der Waals surface area contributed by atoms with Crippen LogP contribution in [0.4, 0.5) is 0 Å². The van der Waals surface area contributed by atoms with Gasteiger partial charge in [0.2, 0.25) is 0 Å². The fourth-order valence-corrected chi connectivity index (χ4v) is 11.7. The summed E-state index contributed by atoms with van der Waals surface area (Å²) in [6.45, 7) is 9.43. The molecule has 0 saturated heterocycles. The van der Waals surface area contributed by atoms with Crippen LogP contribution in [-0.4, -0.2) is 4.21 Å². The molecular formula is C29H36Cl2Zr. The SMILES string of the molecule is [CH2]=[Zr+2]([CH]1C=C(C(C)CCC)c2ccccc21)[CH]1C=C(C(C)CCC)c2ccccc21.[Cl-].[Cl-]. The maximum absolute atomic E-state index is 4.99. The third kappa shape index (κ3) is 5.16. The van der Waals surface area contributed by atoms with Crippen LogP contribution in [0, 0.1) is 11.8 Å². The van der Waals surface area contributed by atoms with Gasteiger partial charge in [0.1, 0.15) is 0 Å². The van der Waals surface area contributed by atoms with Gasteiger partial charge >= 0.3 is 192 Å². The molecule has 0 nitrogen and oxygen atoms in total. The zero-order valence-corrected chi connectivity index (χ0v) is 23.8. The number of fused-ring (bicyclic) bond motifs is 2. The Kier molecular flexibility index (Phi) is 10.4. The van der Waals surface area contributed by atoms with Gasteiger partial charge < -0.3 is 24.8 Å². The minimum Gasteiger partial charge on any atom is -1.00 e. The van der Waals surface area contributed by atoms with E-state index in [2.05, 4.69) is 88.4 Å². The van der Waals surface area contributed by atoms with Gasteiger partial charge in [0.15, 0.2) is 0 Å². The van der Waals surface area contributed by atoms with Crippen molar-refractivity contribution in [2.45, 2.75) is 60.6 Å².